The summed E-state index contributed by atoms with van der Waals surface area (Å²) in [6.45, 7) is 7.43. The molecule has 0 spiro atoms. The van der Waals surface area contributed by atoms with Gasteiger partial charge in [0.1, 0.15) is 29.9 Å². The number of hydrogen-bond acceptors (Lipinski definition) is 9. The van der Waals surface area contributed by atoms with Gasteiger partial charge in [0.15, 0.2) is 11.7 Å². The maximum Gasteiger partial charge on any atom is 0.258 e. The summed E-state index contributed by atoms with van der Waals surface area (Å²) in [5.41, 5.74) is 1.73. The zero-order valence-corrected chi connectivity index (χ0v) is 28.8. The lowest BCUT2D eigenvalue weighted by Gasteiger charge is -2.36. The summed E-state index contributed by atoms with van der Waals surface area (Å²) >= 11 is 1.63. The van der Waals surface area contributed by atoms with Crippen molar-refractivity contribution in [1.82, 2.24) is 30.7 Å². The van der Waals surface area contributed by atoms with E-state index in [0.717, 1.165) is 20.9 Å². The summed E-state index contributed by atoms with van der Waals surface area (Å²) in [7, 11) is 0. The van der Waals surface area contributed by atoms with Gasteiger partial charge in [0.05, 0.1) is 10.2 Å². The van der Waals surface area contributed by atoms with E-state index in [-0.39, 0.29) is 30.8 Å². The number of ether oxygens (including phenoxy) is 1. The van der Waals surface area contributed by atoms with Crippen LogP contribution in [0.25, 0.3) is 10.2 Å². The molecule has 49 heavy (non-hydrogen) atoms. The number of fused-ring (bicyclic) bond motifs is 14. The first-order valence-electron chi connectivity index (χ1n) is 16.9. The van der Waals surface area contributed by atoms with Gasteiger partial charge in [0.2, 0.25) is 23.6 Å². The summed E-state index contributed by atoms with van der Waals surface area (Å²) < 4.78 is 6.83. The van der Waals surface area contributed by atoms with E-state index < -0.39 is 41.9 Å². The third-order valence-corrected chi connectivity index (χ3v) is 10.4. The van der Waals surface area contributed by atoms with Crippen LogP contribution >= 0.6 is 11.3 Å². The van der Waals surface area contributed by atoms with Crippen molar-refractivity contribution in [2.24, 2.45) is 5.92 Å². The number of benzene rings is 2. The molecule has 0 aliphatic carbocycles. The van der Waals surface area contributed by atoms with Crippen LogP contribution in [0.15, 0.2) is 48.5 Å². The highest BCUT2D eigenvalue weighted by Crippen LogP contribution is 2.29. The van der Waals surface area contributed by atoms with Crippen molar-refractivity contribution in [3.05, 3.63) is 54.1 Å². The van der Waals surface area contributed by atoms with Gasteiger partial charge in [-0.1, -0.05) is 49.4 Å². The van der Waals surface area contributed by atoms with Gasteiger partial charge in [-0.15, -0.1) is 0 Å². The van der Waals surface area contributed by atoms with Gasteiger partial charge in [0.25, 0.3) is 5.91 Å². The van der Waals surface area contributed by atoms with E-state index in [1.807, 2.05) is 38.1 Å². The van der Waals surface area contributed by atoms with E-state index in [2.05, 4.69) is 20.9 Å². The van der Waals surface area contributed by atoms with Crippen LogP contribution in [0.2, 0.25) is 0 Å². The summed E-state index contributed by atoms with van der Waals surface area (Å²) in [4.78, 5) is 77.7. The third-order valence-electron chi connectivity index (χ3n) is 9.33. The van der Waals surface area contributed by atoms with Crippen molar-refractivity contribution in [2.45, 2.75) is 64.2 Å². The molecule has 14 heteroatoms. The average molecular weight is 690 g/mol. The lowest BCUT2D eigenvalue weighted by atomic mass is 10.0. The number of aromatic nitrogens is 1. The Kier molecular flexibility index (Phi) is 10.3. The largest absolute Gasteiger partial charge is 0.484 e. The highest BCUT2D eigenvalue weighted by Gasteiger charge is 2.40. The van der Waals surface area contributed by atoms with Crippen LogP contribution in [0.4, 0.5) is 5.13 Å². The molecule has 4 aliphatic rings. The molecule has 260 valence electrons. The zero-order chi connectivity index (χ0) is 34.7. The molecule has 2 fully saturated rings. The molecule has 0 radical (unpaired) electrons. The van der Waals surface area contributed by atoms with Crippen LogP contribution in [-0.4, -0.2) is 108 Å². The van der Waals surface area contributed by atoms with E-state index in [1.165, 1.54) is 4.90 Å². The van der Waals surface area contributed by atoms with E-state index >= 15 is 0 Å². The second kappa shape index (κ2) is 14.8. The Labute approximate surface area is 289 Å². The van der Waals surface area contributed by atoms with Crippen molar-refractivity contribution in [3.63, 3.8) is 0 Å². The summed E-state index contributed by atoms with van der Waals surface area (Å²) in [5, 5.41) is 9.37. The molecule has 2 saturated heterocycles. The number of carbonyl (C=O) groups is 5. The molecule has 1 aromatic heterocycles. The first-order valence-corrected chi connectivity index (χ1v) is 17.7. The second-order valence-corrected chi connectivity index (χ2v) is 14.2. The quantitative estimate of drug-likeness (QED) is 0.376. The van der Waals surface area contributed by atoms with Gasteiger partial charge < -0.3 is 35.4 Å². The summed E-state index contributed by atoms with van der Waals surface area (Å²) in [5.74, 6) is -1.76. The van der Waals surface area contributed by atoms with Gasteiger partial charge in [-0.05, 0) is 55.5 Å². The molecule has 0 unspecified atom stereocenters. The molecule has 4 aliphatic heterocycles. The van der Waals surface area contributed by atoms with Gasteiger partial charge >= 0.3 is 0 Å². The molecule has 3 N–H and O–H groups in total. The lowest BCUT2D eigenvalue weighted by molar-refractivity contribution is -0.143. The molecule has 5 heterocycles. The summed E-state index contributed by atoms with van der Waals surface area (Å²) in [6.07, 6.45) is 1.27. The summed E-state index contributed by atoms with van der Waals surface area (Å²) in [6, 6.07) is 11.5. The molecule has 13 nitrogen and oxygen atoms in total. The number of hydrogen-bond donors (Lipinski definition) is 3. The Morgan fingerprint density at radius 2 is 1.65 bits per heavy atom. The van der Waals surface area contributed by atoms with Crippen LogP contribution in [0.5, 0.6) is 5.75 Å². The maximum atomic E-state index is 14.0. The Morgan fingerprint density at radius 1 is 0.918 bits per heavy atom. The third kappa shape index (κ3) is 7.79. The number of nitrogens with zero attached hydrogens (tertiary/aromatic N) is 4. The predicted molar refractivity (Wildman–Crippen MR) is 185 cm³/mol. The number of rotatable bonds is 3. The van der Waals surface area contributed by atoms with E-state index in [1.54, 1.807) is 47.4 Å². The van der Waals surface area contributed by atoms with Gasteiger partial charge in [-0.2, -0.15) is 0 Å². The Balaban J connectivity index is 1.19. The minimum absolute atomic E-state index is 0.213. The molecule has 0 saturated carbocycles. The van der Waals surface area contributed by atoms with Crippen molar-refractivity contribution in [1.29, 1.82) is 0 Å². The molecule has 3 aromatic rings. The van der Waals surface area contributed by atoms with E-state index in [9.17, 15) is 24.0 Å². The van der Waals surface area contributed by atoms with Crippen molar-refractivity contribution in [2.75, 3.05) is 44.2 Å². The van der Waals surface area contributed by atoms with Crippen LogP contribution in [0, 0.1) is 5.92 Å². The Bertz CT molecular complexity index is 1670. The fraction of sp³-hybridized carbons (Fsp3) is 0.486. The minimum atomic E-state index is -0.963. The molecule has 2 bridgehead atoms. The first kappa shape index (κ1) is 34.2. The van der Waals surface area contributed by atoms with Crippen LogP contribution in [0.3, 0.4) is 0 Å². The highest BCUT2D eigenvalue weighted by atomic mass is 32.1. The molecule has 5 amide bonds. The van der Waals surface area contributed by atoms with Gasteiger partial charge in [-0.3, -0.25) is 24.0 Å². The average Bonchev–Trinajstić information content (AvgIpc) is 3.77. The number of thiazole rings is 1. The zero-order valence-electron chi connectivity index (χ0n) is 28.0. The maximum absolute atomic E-state index is 14.0. The Hall–Kier alpha value is -4.72. The first-order chi connectivity index (χ1) is 23.6. The van der Waals surface area contributed by atoms with Crippen molar-refractivity contribution >= 4 is 56.2 Å². The number of anilines is 1. The van der Waals surface area contributed by atoms with Gasteiger partial charge in [0, 0.05) is 39.1 Å². The number of piperazine rings is 1. The minimum Gasteiger partial charge on any atom is -0.484 e. The number of amides is 5. The fourth-order valence-corrected chi connectivity index (χ4v) is 7.54. The number of para-hydroxylation sites is 1. The van der Waals surface area contributed by atoms with Crippen LogP contribution in [-0.2, 0) is 30.4 Å². The molecular formula is C35H43N7O6S. The van der Waals surface area contributed by atoms with Crippen molar-refractivity contribution < 1.29 is 28.7 Å². The SMILES string of the molecule is CC(C)[C@@H]1NC(=O)COc2ccc(cc2)C[C@@H](C(=O)N2CCN(c3nc4ccccc4s3)CC2)NC(=O)[C@H](C)NC(=O)[C@H]2CCCN2C1=O. The van der Waals surface area contributed by atoms with Crippen LogP contribution < -0.4 is 25.6 Å². The van der Waals surface area contributed by atoms with Crippen molar-refractivity contribution in [3.8, 4) is 5.75 Å². The monoisotopic (exact) mass is 689 g/mol. The number of carbonyl (C=O) groups excluding carboxylic acids is 5. The predicted octanol–water partition coefficient (Wildman–Crippen LogP) is 1.70. The smallest absolute Gasteiger partial charge is 0.258 e. The Morgan fingerprint density at radius 3 is 2.37 bits per heavy atom. The molecular weight excluding hydrogens is 646 g/mol. The lowest BCUT2D eigenvalue weighted by Crippen LogP contribution is -2.59. The van der Waals surface area contributed by atoms with E-state index in [4.69, 9.17) is 9.72 Å². The molecule has 7 rings (SSSR count). The van der Waals surface area contributed by atoms with Gasteiger partial charge in [-0.25, -0.2) is 4.98 Å². The number of nitrogens with one attached hydrogen (secondary N) is 3. The second-order valence-electron chi connectivity index (χ2n) is 13.2. The molecule has 2 aromatic carbocycles. The fourth-order valence-electron chi connectivity index (χ4n) is 6.52. The topological polar surface area (TPSA) is 153 Å². The van der Waals surface area contributed by atoms with E-state index in [0.29, 0.717) is 51.3 Å². The molecule has 4 atom stereocenters. The van der Waals surface area contributed by atoms with Crippen LogP contribution in [0.1, 0.15) is 39.2 Å². The standard InChI is InChI=1S/C35H43N7O6S/c1-21(2)30-34(47)42-14-6-8-27(42)32(45)36-22(3)31(44)37-26(19-23-10-12-24(13-11-23)48-20-29(43)39-30)33(46)40-15-17-41(18-16-40)35-38-25-7-4-5-9-28(25)49-35/h4-5,7,9-13,21-22,26-27,30H,6,8,14-20H2,1-3H3,(H,36,45)(H,37,44)(H,39,43)/t22-,26-,27+,30-/m0/s1. The highest BCUT2D eigenvalue weighted by molar-refractivity contribution is 7.22. The normalized spacial score (nSPS) is 24.4.